The average Bonchev–Trinajstić information content (AvgIpc) is 2.89. The molecule has 0 amide bonds. The van der Waals surface area contributed by atoms with E-state index in [0.29, 0.717) is 11.6 Å². The van der Waals surface area contributed by atoms with Crippen LogP contribution in [0.3, 0.4) is 0 Å². The standard InChI is InChI=1S/C17H18ClNO/c18-17-11-16(7-5-13(17)8-9-19)20-15-6-4-12-2-1-3-14(12)10-15/h4-7,10-11H,1-3,8-9,19H2. The van der Waals surface area contributed by atoms with Crippen molar-refractivity contribution in [1.82, 2.24) is 0 Å². The number of hydrogen-bond acceptors (Lipinski definition) is 2. The van der Waals surface area contributed by atoms with Gasteiger partial charge in [0.05, 0.1) is 0 Å². The fourth-order valence-electron chi connectivity index (χ4n) is 2.70. The molecule has 0 fully saturated rings. The van der Waals surface area contributed by atoms with Crippen LogP contribution < -0.4 is 10.5 Å². The van der Waals surface area contributed by atoms with Crippen LogP contribution in [0.2, 0.25) is 5.02 Å². The topological polar surface area (TPSA) is 35.2 Å². The second-order valence-electron chi connectivity index (χ2n) is 5.18. The molecule has 2 aromatic carbocycles. The second kappa shape index (κ2) is 5.86. The van der Waals surface area contributed by atoms with Crippen LogP contribution in [0.1, 0.15) is 23.1 Å². The van der Waals surface area contributed by atoms with Crippen molar-refractivity contribution in [3.63, 3.8) is 0 Å². The van der Waals surface area contributed by atoms with Crippen LogP contribution in [-0.4, -0.2) is 6.54 Å². The molecular weight excluding hydrogens is 270 g/mol. The largest absolute Gasteiger partial charge is 0.457 e. The Kier molecular flexibility index (Phi) is 3.95. The van der Waals surface area contributed by atoms with Crippen molar-refractivity contribution < 1.29 is 4.74 Å². The van der Waals surface area contributed by atoms with Gasteiger partial charge in [-0.05, 0) is 73.2 Å². The van der Waals surface area contributed by atoms with Crippen LogP contribution >= 0.6 is 11.6 Å². The van der Waals surface area contributed by atoms with Gasteiger partial charge in [-0.3, -0.25) is 0 Å². The summed E-state index contributed by atoms with van der Waals surface area (Å²) < 4.78 is 5.90. The molecular formula is C17H18ClNO. The molecule has 1 aliphatic carbocycles. The number of hydrogen-bond donors (Lipinski definition) is 1. The molecule has 0 saturated heterocycles. The number of ether oxygens (including phenoxy) is 1. The summed E-state index contributed by atoms with van der Waals surface area (Å²) in [6, 6.07) is 12.1. The third-order valence-electron chi connectivity index (χ3n) is 3.74. The molecule has 1 aliphatic rings. The van der Waals surface area contributed by atoms with Gasteiger partial charge in [0.15, 0.2) is 0 Å². The average molecular weight is 288 g/mol. The Morgan fingerprint density at radius 2 is 1.75 bits per heavy atom. The van der Waals surface area contributed by atoms with Gasteiger partial charge in [-0.1, -0.05) is 23.7 Å². The highest BCUT2D eigenvalue weighted by atomic mass is 35.5. The van der Waals surface area contributed by atoms with Crippen molar-refractivity contribution in [2.45, 2.75) is 25.7 Å². The number of rotatable bonds is 4. The minimum Gasteiger partial charge on any atom is -0.457 e. The Morgan fingerprint density at radius 3 is 2.55 bits per heavy atom. The van der Waals surface area contributed by atoms with Gasteiger partial charge in [0.25, 0.3) is 0 Å². The van der Waals surface area contributed by atoms with Crippen molar-refractivity contribution in [1.29, 1.82) is 0 Å². The Morgan fingerprint density at radius 1 is 1.00 bits per heavy atom. The van der Waals surface area contributed by atoms with Crippen molar-refractivity contribution in [3.8, 4) is 11.5 Å². The van der Waals surface area contributed by atoms with Crippen LogP contribution in [-0.2, 0) is 19.3 Å². The van der Waals surface area contributed by atoms with Crippen LogP contribution in [0, 0.1) is 0 Å². The van der Waals surface area contributed by atoms with E-state index in [-0.39, 0.29) is 0 Å². The van der Waals surface area contributed by atoms with Gasteiger partial charge >= 0.3 is 0 Å². The molecule has 104 valence electrons. The molecule has 0 unspecified atom stereocenters. The van der Waals surface area contributed by atoms with Gasteiger partial charge in [0.1, 0.15) is 11.5 Å². The number of halogens is 1. The highest BCUT2D eigenvalue weighted by Gasteiger charge is 2.11. The van der Waals surface area contributed by atoms with Crippen LogP contribution in [0.5, 0.6) is 11.5 Å². The van der Waals surface area contributed by atoms with Gasteiger partial charge in [-0.25, -0.2) is 0 Å². The van der Waals surface area contributed by atoms with Gasteiger partial charge in [0, 0.05) is 5.02 Å². The van der Waals surface area contributed by atoms with E-state index in [9.17, 15) is 0 Å². The smallest absolute Gasteiger partial charge is 0.128 e. The third-order valence-corrected chi connectivity index (χ3v) is 4.10. The third kappa shape index (κ3) is 2.82. The molecule has 3 heteroatoms. The Bertz CT molecular complexity index is 624. The quantitative estimate of drug-likeness (QED) is 0.918. The maximum Gasteiger partial charge on any atom is 0.128 e. The summed E-state index contributed by atoms with van der Waals surface area (Å²) in [5.74, 6) is 1.65. The maximum atomic E-state index is 6.23. The molecule has 20 heavy (non-hydrogen) atoms. The van der Waals surface area contributed by atoms with Crippen LogP contribution in [0.15, 0.2) is 36.4 Å². The van der Waals surface area contributed by atoms with E-state index in [2.05, 4.69) is 12.1 Å². The predicted octanol–water partition coefficient (Wildman–Crippen LogP) is 4.12. The van der Waals surface area contributed by atoms with Gasteiger partial charge in [-0.2, -0.15) is 0 Å². The SMILES string of the molecule is NCCc1ccc(Oc2ccc3c(c2)CCC3)cc1Cl. The second-order valence-corrected chi connectivity index (χ2v) is 5.59. The molecule has 0 bridgehead atoms. The number of nitrogens with two attached hydrogens (primary N) is 1. The molecule has 2 N–H and O–H groups in total. The Balaban J connectivity index is 1.79. The van der Waals surface area contributed by atoms with Crippen molar-refractivity contribution >= 4 is 11.6 Å². The zero-order valence-corrected chi connectivity index (χ0v) is 12.1. The lowest BCUT2D eigenvalue weighted by Gasteiger charge is -2.10. The number of aryl methyl sites for hydroxylation is 2. The van der Waals surface area contributed by atoms with E-state index < -0.39 is 0 Å². The molecule has 0 saturated carbocycles. The summed E-state index contributed by atoms with van der Waals surface area (Å²) in [7, 11) is 0. The lowest BCUT2D eigenvalue weighted by molar-refractivity contribution is 0.482. The lowest BCUT2D eigenvalue weighted by atomic mass is 10.1. The highest BCUT2D eigenvalue weighted by molar-refractivity contribution is 6.31. The molecule has 0 atom stereocenters. The van der Waals surface area contributed by atoms with E-state index in [1.54, 1.807) is 0 Å². The fraction of sp³-hybridized carbons (Fsp3) is 0.294. The summed E-state index contributed by atoms with van der Waals surface area (Å²) in [4.78, 5) is 0. The van der Waals surface area contributed by atoms with Gasteiger partial charge in [-0.15, -0.1) is 0 Å². The summed E-state index contributed by atoms with van der Waals surface area (Å²) in [6.45, 7) is 0.602. The number of fused-ring (bicyclic) bond motifs is 1. The first kappa shape index (κ1) is 13.5. The number of benzene rings is 2. The van der Waals surface area contributed by atoms with Crippen LogP contribution in [0.4, 0.5) is 0 Å². The van der Waals surface area contributed by atoms with Crippen molar-refractivity contribution in [3.05, 3.63) is 58.1 Å². The first-order chi connectivity index (χ1) is 9.76. The normalized spacial score (nSPS) is 13.3. The Hall–Kier alpha value is -1.51. The summed E-state index contributed by atoms with van der Waals surface area (Å²) in [5.41, 5.74) is 9.48. The molecule has 2 nitrogen and oxygen atoms in total. The van der Waals surface area contributed by atoms with E-state index in [1.807, 2.05) is 24.3 Å². The van der Waals surface area contributed by atoms with E-state index in [0.717, 1.165) is 29.9 Å². The van der Waals surface area contributed by atoms with Crippen molar-refractivity contribution in [2.24, 2.45) is 5.73 Å². The fourth-order valence-corrected chi connectivity index (χ4v) is 2.96. The van der Waals surface area contributed by atoms with E-state index in [1.165, 1.54) is 24.0 Å². The minimum absolute atomic E-state index is 0.602. The molecule has 2 aromatic rings. The summed E-state index contributed by atoms with van der Waals surface area (Å²) in [5, 5.41) is 0.717. The lowest BCUT2D eigenvalue weighted by Crippen LogP contribution is -2.03. The molecule has 0 radical (unpaired) electrons. The molecule has 0 aromatic heterocycles. The first-order valence-corrected chi connectivity index (χ1v) is 7.42. The first-order valence-electron chi connectivity index (χ1n) is 7.04. The Labute approximate surface area is 124 Å². The highest BCUT2D eigenvalue weighted by Crippen LogP contribution is 2.30. The van der Waals surface area contributed by atoms with Crippen molar-refractivity contribution in [2.75, 3.05) is 6.54 Å². The predicted molar refractivity (Wildman–Crippen MR) is 82.8 cm³/mol. The zero-order valence-electron chi connectivity index (χ0n) is 11.4. The van der Waals surface area contributed by atoms with Gasteiger partial charge < -0.3 is 10.5 Å². The summed E-state index contributed by atoms with van der Waals surface area (Å²) in [6.07, 6.45) is 4.38. The van der Waals surface area contributed by atoms with E-state index >= 15 is 0 Å². The minimum atomic E-state index is 0.602. The molecule has 0 heterocycles. The molecule has 0 aliphatic heterocycles. The molecule has 3 rings (SSSR count). The van der Waals surface area contributed by atoms with Crippen LogP contribution in [0.25, 0.3) is 0 Å². The van der Waals surface area contributed by atoms with Gasteiger partial charge in [0.2, 0.25) is 0 Å². The molecule has 0 spiro atoms. The van der Waals surface area contributed by atoms with E-state index in [4.69, 9.17) is 22.1 Å². The maximum absolute atomic E-state index is 6.23. The summed E-state index contributed by atoms with van der Waals surface area (Å²) >= 11 is 6.23. The monoisotopic (exact) mass is 287 g/mol. The zero-order chi connectivity index (χ0) is 13.9.